The van der Waals surface area contributed by atoms with Crippen LogP contribution in [-0.4, -0.2) is 67.3 Å². The van der Waals surface area contributed by atoms with Crippen molar-refractivity contribution >= 4 is 29.9 Å². The van der Waals surface area contributed by atoms with E-state index < -0.39 is 0 Å². The van der Waals surface area contributed by atoms with Gasteiger partial charge in [-0.05, 0) is 18.1 Å². The van der Waals surface area contributed by atoms with E-state index in [0.29, 0.717) is 5.92 Å². The number of halogens is 1. The summed E-state index contributed by atoms with van der Waals surface area (Å²) in [5.41, 5.74) is 2.29. The fourth-order valence-electron chi connectivity index (χ4n) is 3.84. The van der Waals surface area contributed by atoms with Gasteiger partial charge in [0.15, 0.2) is 5.96 Å². The molecule has 0 aliphatic carbocycles. The minimum Gasteiger partial charge on any atom is -0.493 e. The molecule has 0 spiro atoms. The first kappa shape index (κ1) is 20.9. The van der Waals surface area contributed by atoms with Crippen LogP contribution in [0.1, 0.15) is 23.6 Å². The van der Waals surface area contributed by atoms with Crippen molar-refractivity contribution in [2.24, 2.45) is 4.99 Å². The molecule has 8 heteroatoms. The summed E-state index contributed by atoms with van der Waals surface area (Å²) in [6.45, 7) is 6.41. The number of nitrogens with zero attached hydrogens (tertiary/aromatic N) is 4. The Labute approximate surface area is 183 Å². The van der Waals surface area contributed by atoms with E-state index in [1.165, 1.54) is 5.56 Å². The van der Waals surface area contributed by atoms with Crippen LogP contribution in [0.5, 0.6) is 5.75 Å². The molecule has 0 amide bonds. The van der Waals surface area contributed by atoms with Crippen molar-refractivity contribution in [1.29, 1.82) is 0 Å². The highest BCUT2D eigenvalue weighted by Crippen LogP contribution is 2.32. The fraction of sp³-hybridized carbons (Fsp3) is 0.500. The molecule has 2 aliphatic heterocycles. The Morgan fingerprint density at radius 1 is 1.21 bits per heavy atom. The predicted molar refractivity (Wildman–Crippen MR) is 119 cm³/mol. The first-order valence-corrected chi connectivity index (χ1v) is 9.62. The van der Waals surface area contributed by atoms with Gasteiger partial charge < -0.3 is 19.5 Å². The number of fused-ring (bicyclic) bond motifs is 1. The largest absolute Gasteiger partial charge is 0.493 e. The normalized spacial score (nSPS) is 20.1. The molecule has 0 bridgehead atoms. The summed E-state index contributed by atoms with van der Waals surface area (Å²) in [5, 5.41) is 7.59. The van der Waals surface area contributed by atoms with Gasteiger partial charge in [0.1, 0.15) is 12.0 Å². The molecule has 1 saturated heterocycles. The van der Waals surface area contributed by atoms with Crippen LogP contribution in [0.4, 0.5) is 0 Å². The van der Waals surface area contributed by atoms with Gasteiger partial charge in [0.2, 0.25) is 0 Å². The minimum atomic E-state index is 0. The van der Waals surface area contributed by atoms with Crippen LogP contribution in [0.15, 0.2) is 46.1 Å². The first-order valence-electron chi connectivity index (χ1n) is 9.62. The second-order valence-electron chi connectivity index (χ2n) is 7.05. The molecule has 1 atom stereocenters. The van der Waals surface area contributed by atoms with Crippen LogP contribution >= 0.6 is 24.0 Å². The summed E-state index contributed by atoms with van der Waals surface area (Å²) in [5.74, 6) is 2.47. The molecule has 152 valence electrons. The number of nitrogens with one attached hydrogen (secondary N) is 1. The van der Waals surface area contributed by atoms with Crippen molar-refractivity contribution in [2.75, 3.05) is 46.4 Å². The molecular weight excluding hydrogens is 469 g/mol. The average molecular weight is 497 g/mol. The lowest BCUT2D eigenvalue weighted by molar-refractivity contribution is 0.168. The molecule has 7 nitrogen and oxygen atoms in total. The summed E-state index contributed by atoms with van der Waals surface area (Å²) < 4.78 is 10.7. The predicted octanol–water partition coefficient (Wildman–Crippen LogP) is 2.55. The van der Waals surface area contributed by atoms with Crippen LogP contribution in [0, 0.1) is 0 Å². The van der Waals surface area contributed by atoms with Gasteiger partial charge in [-0.15, -0.1) is 24.0 Å². The monoisotopic (exact) mass is 497 g/mol. The van der Waals surface area contributed by atoms with Crippen LogP contribution in [0.3, 0.4) is 0 Å². The minimum absolute atomic E-state index is 0. The molecule has 1 aromatic heterocycles. The second-order valence-corrected chi connectivity index (χ2v) is 7.05. The van der Waals surface area contributed by atoms with Crippen molar-refractivity contribution in [3.05, 3.63) is 47.9 Å². The van der Waals surface area contributed by atoms with E-state index >= 15 is 0 Å². The van der Waals surface area contributed by atoms with Crippen LogP contribution in [0.25, 0.3) is 0 Å². The zero-order valence-electron chi connectivity index (χ0n) is 16.2. The molecule has 3 heterocycles. The summed E-state index contributed by atoms with van der Waals surface area (Å²) in [6.07, 6.45) is 2.66. The van der Waals surface area contributed by atoms with Crippen LogP contribution in [0.2, 0.25) is 0 Å². The zero-order chi connectivity index (χ0) is 18.5. The lowest BCUT2D eigenvalue weighted by Crippen LogP contribution is -2.52. The number of benzene rings is 1. The standard InChI is InChI=1S/C20H27N5O2.HI/c1-21-20(22-14-16-6-12-26-19-5-3-2-4-18(16)19)25-10-8-24(9-11-25)15-17-7-13-27-23-17;/h2-5,7,13,16H,6,8-12,14-15H2,1H3,(H,21,22);1H. The fourth-order valence-corrected chi connectivity index (χ4v) is 3.84. The van der Waals surface area contributed by atoms with Gasteiger partial charge in [-0.2, -0.15) is 0 Å². The van der Waals surface area contributed by atoms with Crippen LogP contribution in [-0.2, 0) is 6.54 Å². The number of hydrogen-bond donors (Lipinski definition) is 1. The topological polar surface area (TPSA) is 66.1 Å². The summed E-state index contributed by atoms with van der Waals surface area (Å²) in [7, 11) is 1.86. The highest BCUT2D eigenvalue weighted by molar-refractivity contribution is 14.0. The summed E-state index contributed by atoms with van der Waals surface area (Å²) in [4.78, 5) is 9.24. The Kier molecular flexibility index (Phi) is 7.55. The van der Waals surface area contributed by atoms with Gasteiger partial charge in [0.05, 0.1) is 12.3 Å². The SMILES string of the molecule is CN=C(NCC1CCOc2ccccc21)N1CCN(Cc2ccon2)CC1.I. The molecule has 1 unspecified atom stereocenters. The molecule has 0 radical (unpaired) electrons. The van der Waals surface area contributed by atoms with E-state index in [0.717, 1.165) is 69.7 Å². The van der Waals surface area contributed by atoms with E-state index in [1.807, 2.05) is 19.2 Å². The highest BCUT2D eigenvalue weighted by atomic mass is 127. The smallest absolute Gasteiger partial charge is 0.193 e. The average Bonchev–Trinajstić information content (AvgIpc) is 3.23. The molecule has 2 aliphatic rings. The van der Waals surface area contributed by atoms with E-state index in [-0.39, 0.29) is 24.0 Å². The maximum Gasteiger partial charge on any atom is 0.193 e. The molecular formula is C20H28IN5O2. The number of aromatic nitrogens is 1. The Balaban J connectivity index is 0.00000225. The lowest BCUT2D eigenvalue weighted by atomic mass is 9.93. The van der Waals surface area contributed by atoms with Gasteiger partial charge in [-0.1, -0.05) is 23.4 Å². The Morgan fingerprint density at radius 2 is 2.04 bits per heavy atom. The third-order valence-corrected chi connectivity index (χ3v) is 5.35. The van der Waals surface area contributed by atoms with Gasteiger partial charge >= 0.3 is 0 Å². The number of hydrogen-bond acceptors (Lipinski definition) is 5. The van der Waals surface area contributed by atoms with E-state index in [9.17, 15) is 0 Å². The molecule has 28 heavy (non-hydrogen) atoms. The van der Waals surface area contributed by atoms with Crippen molar-refractivity contribution in [3.63, 3.8) is 0 Å². The third-order valence-electron chi connectivity index (χ3n) is 5.35. The van der Waals surface area contributed by atoms with Crippen molar-refractivity contribution in [1.82, 2.24) is 20.3 Å². The van der Waals surface area contributed by atoms with Crippen molar-refractivity contribution in [2.45, 2.75) is 18.9 Å². The number of piperazine rings is 1. The number of para-hydroxylation sites is 1. The molecule has 1 aromatic carbocycles. The maximum atomic E-state index is 5.77. The van der Waals surface area contributed by atoms with E-state index in [4.69, 9.17) is 9.26 Å². The first-order chi connectivity index (χ1) is 13.3. The van der Waals surface area contributed by atoms with Crippen molar-refractivity contribution < 1.29 is 9.26 Å². The molecule has 1 fully saturated rings. The summed E-state index contributed by atoms with van der Waals surface area (Å²) in [6, 6.07) is 10.3. The summed E-state index contributed by atoms with van der Waals surface area (Å²) >= 11 is 0. The van der Waals surface area contributed by atoms with Gasteiger partial charge in [0, 0.05) is 58.3 Å². The van der Waals surface area contributed by atoms with Crippen LogP contribution < -0.4 is 10.1 Å². The Bertz CT molecular complexity index is 760. The van der Waals surface area contributed by atoms with E-state index in [2.05, 4.69) is 43.5 Å². The maximum absolute atomic E-state index is 5.77. The third kappa shape index (κ3) is 4.96. The Hall–Kier alpha value is -1.81. The van der Waals surface area contributed by atoms with Gasteiger partial charge in [-0.3, -0.25) is 9.89 Å². The second kappa shape index (κ2) is 10.1. The molecule has 2 aromatic rings. The molecule has 1 N–H and O–H groups in total. The molecule has 4 rings (SSSR count). The van der Waals surface area contributed by atoms with E-state index in [1.54, 1.807) is 6.26 Å². The quantitative estimate of drug-likeness (QED) is 0.398. The number of rotatable bonds is 4. The highest BCUT2D eigenvalue weighted by Gasteiger charge is 2.24. The number of ether oxygens (including phenoxy) is 1. The van der Waals surface area contributed by atoms with Gasteiger partial charge in [-0.25, -0.2) is 0 Å². The molecule has 0 saturated carbocycles. The lowest BCUT2D eigenvalue weighted by Gasteiger charge is -2.36. The number of guanidine groups is 1. The number of aliphatic imine (C=N–C) groups is 1. The Morgan fingerprint density at radius 3 is 2.79 bits per heavy atom. The van der Waals surface area contributed by atoms with Crippen molar-refractivity contribution in [3.8, 4) is 5.75 Å². The van der Waals surface area contributed by atoms with Gasteiger partial charge in [0.25, 0.3) is 0 Å². The zero-order valence-corrected chi connectivity index (χ0v) is 18.5.